The van der Waals surface area contributed by atoms with E-state index in [0.29, 0.717) is 39.5 Å². The van der Waals surface area contributed by atoms with E-state index in [1.807, 2.05) is 13.8 Å². The molecule has 0 aliphatic carbocycles. The summed E-state index contributed by atoms with van der Waals surface area (Å²) in [5.41, 5.74) is 1.06. The van der Waals surface area contributed by atoms with Gasteiger partial charge in [-0.3, -0.25) is 14.2 Å². The van der Waals surface area contributed by atoms with Gasteiger partial charge in [0.15, 0.2) is 10.9 Å². The van der Waals surface area contributed by atoms with Crippen LogP contribution in [0.4, 0.5) is 0 Å². The van der Waals surface area contributed by atoms with E-state index in [0.717, 1.165) is 0 Å². The van der Waals surface area contributed by atoms with Crippen LogP contribution in [0, 0.1) is 5.92 Å². The van der Waals surface area contributed by atoms with Crippen LogP contribution in [-0.4, -0.2) is 40.8 Å². The van der Waals surface area contributed by atoms with Crippen molar-refractivity contribution >= 4 is 34.4 Å². The Bertz CT molecular complexity index is 1200. The van der Waals surface area contributed by atoms with Gasteiger partial charge in [0.25, 0.3) is 5.56 Å². The van der Waals surface area contributed by atoms with Gasteiger partial charge >= 0.3 is 5.97 Å². The van der Waals surface area contributed by atoms with Gasteiger partial charge in [-0.15, -0.1) is 0 Å². The third kappa shape index (κ3) is 5.02. The molecule has 0 saturated heterocycles. The lowest BCUT2D eigenvalue weighted by atomic mass is 10.1. The average molecular weight is 455 g/mol. The van der Waals surface area contributed by atoms with Crippen molar-refractivity contribution in [1.82, 2.24) is 9.55 Å². The van der Waals surface area contributed by atoms with Crippen LogP contribution in [0.2, 0.25) is 0 Å². The molecule has 0 saturated carbocycles. The van der Waals surface area contributed by atoms with E-state index < -0.39 is 11.2 Å². The number of methoxy groups -OCH3 is 2. The van der Waals surface area contributed by atoms with Crippen molar-refractivity contribution in [3.8, 4) is 5.75 Å². The van der Waals surface area contributed by atoms with E-state index in [9.17, 15) is 14.4 Å². The maximum atomic E-state index is 13.2. The van der Waals surface area contributed by atoms with Crippen molar-refractivity contribution < 1.29 is 19.1 Å². The van der Waals surface area contributed by atoms with Crippen LogP contribution < -0.4 is 10.3 Å². The number of rotatable bonds is 8. The number of hydrogen-bond donors (Lipinski definition) is 0. The molecule has 3 aromatic rings. The molecule has 2 aromatic carbocycles. The van der Waals surface area contributed by atoms with Gasteiger partial charge < -0.3 is 9.47 Å². The Hall–Kier alpha value is -3.13. The molecular weight excluding hydrogens is 428 g/mol. The third-order valence-electron chi connectivity index (χ3n) is 4.92. The molecule has 0 radical (unpaired) electrons. The standard InChI is InChI=1S/C24H26N2O5S/c1-14(2)13-26-22(28)19-11-8-17(23(29)31-5)12-20(19)25-24(26)32-15(3)21(27)16-6-9-18(30-4)10-7-16/h6-12,14-15H,13H2,1-5H3. The first-order chi connectivity index (χ1) is 15.2. The SMILES string of the molecule is COC(=O)c1ccc2c(=O)n(CC(C)C)c(SC(C)C(=O)c3ccc(OC)cc3)nc2c1. The Morgan fingerprint density at radius 1 is 1.03 bits per heavy atom. The smallest absolute Gasteiger partial charge is 0.337 e. The lowest BCUT2D eigenvalue weighted by molar-refractivity contribution is 0.0600. The highest BCUT2D eigenvalue weighted by molar-refractivity contribution is 8.00. The van der Waals surface area contributed by atoms with Crippen molar-refractivity contribution in [2.45, 2.75) is 37.7 Å². The highest BCUT2D eigenvalue weighted by Gasteiger charge is 2.21. The van der Waals surface area contributed by atoms with Crippen molar-refractivity contribution in [3.63, 3.8) is 0 Å². The van der Waals surface area contributed by atoms with Gasteiger partial charge in [-0.2, -0.15) is 0 Å². The van der Waals surface area contributed by atoms with E-state index in [2.05, 4.69) is 4.98 Å². The van der Waals surface area contributed by atoms with E-state index in [1.54, 1.807) is 61.1 Å². The number of ether oxygens (including phenoxy) is 2. The fourth-order valence-electron chi connectivity index (χ4n) is 3.26. The number of fused-ring (bicyclic) bond motifs is 1. The van der Waals surface area contributed by atoms with Gasteiger partial charge in [-0.05, 0) is 55.3 Å². The minimum atomic E-state index is -0.502. The number of aromatic nitrogens is 2. The van der Waals surface area contributed by atoms with E-state index in [1.165, 1.54) is 18.9 Å². The zero-order chi connectivity index (χ0) is 23.4. The Labute approximate surface area is 190 Å². The topological polar surface area (TPSA) is 87.5 Å². The Morgan fingerprint density at radius 2 is 1.69 bits per heavy atom. The van der Waals surface area contributed by atoms with Crippen LogP contribution in [-0.2, 0) is 11.3 Å². The summed E-state index contributed by atoms with van der Waals surface area (Å²) in [6.45, 7) is 6.28. The van der Waals surface area contributed by atoms with Gasteiger partial charge in [0, 0.05) is 12.1 Å². The Balaban J connectivity index is 2.02. The van der Waals surface area contributed by atoms with Crippen LogP contribution in [0.1, 0.15) is 41.5 Å². The average Bonchev–Trinajstić information content (AvgIpc) is 2.80. The van der Waals surface area contributed by atoms with Crippen LogP contribution in [0.25, 0.3) is 10.9 Å². The lowest BCUT2D eigenvalue weighted by Gasteiger charge is -2.17. The van der Waals surface area contributed by atoms with Gasteiger partial charge in [0.1, 0.15) is 5.75 Å². The molecular formula is C24H26N2O5S. The first-order valence-corrected chi connectivity index (χ1v) is 11.1. The number of thioether (sulfide) groups is 1. The van der Waals surface area contributed by atoms with Crippen LogP contribution in [0.5, 0.6) is 5.75 Å². The number of carbonyl (C=O) groups is 2. The molecule has 0 amide bonds. The summed E-state index contributed by atoms with van der Waals surface area (Å²) in [6.07, 6.45) is 0. The molecule has 8 heteroatoms. The largest absolute Gasteiger partial charge is 0.497 e. The molecule has 0 aliphatic heterocycles. The normalized spacial score (nSPS) is 12.1. The molecule has 3 rings (SSSR count). The van der Waals surface area contributed by atoms with Crippen molar-refractivity contribution in [1.29, 1.82) is 0 Å². The number of ketones is 1. The molecule has 0 spiro atoms. The summed E-state index contributed by atoms with van der Waals surface area (Å²) in [7, 11) is 2.87. The lowest BCUT2D eigenvalue weighted by Crippen LogP contribution is -2.27. The number of carbonyl (C=O) groups excluding carboxylic acids is 2. The first kappa shape index (κ1) is 23.5. The fraction of sp³-hybridized carbons (Fsp3) is 0.333. The molecule has 1 aromatic heterocycles. The van der Waals surface area contributed by atoms with Crippen LogP contribution >= 0.6 is 11.8 Å². The number of hydrogen-bond acceptors (Lipinski definition) is 7. The second-order valence-electron chi connectivity index (χ2n) is 7.78. The van der Waals surface area contributed by atoms with Crippen molar-refractivity contribution in [2.75, 3.05) is 14.2 Å². The summed E-state index contributed by atoms with van der Waals surface area (Å²) in [5.74, 6) is 0.294. The zero-order valence-electron chi connectivity index (χ0n) is 18.7. The Morgan fingerprint density at radius 3 is 2.28 bits per heavy atom. The molecule has 168 valence electrons. The van der Waals surface area contributed by atoms with Crippen LogP contribution in [0.3, 0.4) is 0 Å². The van der Waals surface area contributed by atoms with Crippen LogP contribution in [0.15, 0.2) is 52.4 Å². The summed E-state index contributed by atoms with van der Waals surface area (Å²) in [4.78, 5) is 42.8. The quantitative estimate of drug-likeness (QED) is 0.218. The number of nitrogens with zero attached hydrogens (tertiary/aromatic N) is 2. The summed E-state index contributed by atoms with van der Waals surface area (Å²) in [6, 6.07) is 11.6. The van der Waals surface area contributed by atoms with Gasteiger partial charge in [0.2, 0.25) is 0 Å². The second-order valence-corrected chi connectivity index (χ2v) is 9.09. The molecule has 0 fully saturated rings. The predicted molar refractivity (Wildman–Crippen MR) is 125 cm³/mol. The van der Waals surface area contributed by atoms with Gasteiger partial charge in [-0.25, -0.2) is 9.78 Å². The summed E-state index contributed by atoms with van der Waals surface area (Å²) >= 11 is 1.23. The molecule has 1 heterocycles. The highest BCUT2D eigenvalue weighted by Crippen LogP contribution is 2.26. The van der Waals surface area contributed by atoms with Crippen molar-refractivity contribution in [3.05, 3.63) is 63.9 Å². The minimum Gasteiger partial charge on any atom is -0.497 e. The number of benzene rings is 2. The monoisotopic (exact) mass is 454 g/mol. The zero-order valence-corrected chi connectivity index (χ0v) is 19.6. The maximum absolute atomic E-state index is 13.2. The predicted octanol–water partition coefficient (Wildman–Crippen LogP) is 4.21. The van der Waals surface area contributed by atoms with Gasteiger partial charge in [0.05, 0.1) is 35.9 Å². The molecule has 32 heavy (non-hydrogen) atoms. The fourth-order valence-corrected chi connectivity index (χ4v) is 4.26. The third-order valence-corrected chi connectivity index (χ3v) is 6.01. The van der Waals surface area contributed by atoms with E-state index in [4.69, 9.17) is 9.47 Å². The molecule has 1 unspecified atom stereocenters. The first-order valence-electron chi connectivity index (χ1n) is 10.2. The van der Waals surface area contributed by atoms with E-state index >= 15 is 0 Å². The molecule has 0 bridgehead atoms. The number of Topliss-reactive ketones (excluding diaryl/α,β-unsaturated/α-hetero) is 1. The van der Waals surface area contributed by atoms with Crippen molar-refractivity contribution in [2.24, 2.45) is 5.92 Å². The summed E-state index contributed by atoms with van der Waals surface area (Å²) in [5, 5.41) is 0.374. The Kier molecular flexibility index (Phi) is 7.35. The van der Waals surface area contributed by atoms with Gasteiger partial charge in [-0.1, -0.05) is 25.6 Å². The number of esters is 1. The molecule has 1 atom stereocenters. The second kappa shape index (κ2) is 9.99. The molecule has 0 N–H and O–H groups in total. The minimum absolute atomic E-state index is 0.0774. The highest BCUT2D eigenvalue weighted by atomic mass is 32.2. The molecule has 7 nitrogen and oxygen atoms in total. The van der Waals surface area contributed by atoms with E-state index in [-0.39, 0.29) is 17.3 Å². The summed E-state index contributed by atoms with van der Waals surface area (Å²) < 4.78 is 11.5. The molecule has 0 aliphatic rings. The maximum Gasteiger partial charge on any atom is 0.337 e.